The molecule has 0 N–H and O–H groups in total. The topological polar surface area (TPSA) is 17.1 Å². The fraction of sp³-hybridized carbons (Fsp3) is 0.444. The van der Waals surface area contributed by atoms with Gasteiger partial charge in [-0.25, -0.2) is 0 Å². The summed E-state index contributed by atoms with van der Waals surface area (Å²) in [5.41, 5.74) is 1.63. The minimum atomic E-state index is 0.0514. The van der Waals surface area contributed by atoms with Crippen LogP contribution in [0, 0.1) is 5.92 Å². The van der Waals surface area contributed by atoms with Gasteiger partial charge in [0.2, 0.25) is 0 Å². The van der Waals surface area contributed by atoms with Crippen LogP contribution in [0.1, 0.15) is 20.8 Å². The number of carbonyl (C=O) groups excluding carboxylic acids is 1. The van der Waals surface area contributed by atoms with E-state index < -0.39 is 0 Å². The molecule has 0 aromatic carbocycles. The first-order valence-corrected chi connectivity index (χ1v) is 3.32. The molecule has 0 aromatic heterocycles. The number of ketones is 1. The maximum absolute atomic E-state index is 10.7. The average Bonchev–Trinajstić information content (AvgIpc) is 1.84. The van der Waals surface area contributed by atoms with Gasteiger partial charge in [-0.05, 0) is 19.4 Å². The van der Waals surface area contributed by atoms with Crippen molar-refractivity contribution < 1.29 is 4.79 Å². The summed E-state index contributed by atoms with van der Waals surface area (Å²) >= 11 is 0. The van der Waals surface area contributed by atoms with Crippen molar-refractivity contribution in [3.8, 4) is 0 Å². The molecular formula is C9H14O. The van der Waals surface area contributed by atoms with Crippen LogP contribution in [0.3, 0.4) is 0 Å². The SMILES string of the molecule is C=C(C)C(C)C(=C)C(C)=O. The molecule has 56 valence electrons. The molecule has 0 aliphatic carbocycles. The summed E-state index contributed by atoms with van der Waals surface area (Å²) in [5, 5.41) is 0. The second-order valence-corrected chi connectivity index (χ2v) is 2.65. The average molecular weight is 138 g/mol. The molecule has 0 aliphatic heterocycles. The third kappa shape index (κ3) is 2.18. The van der Waals surface area contributed by atoms with E-state index in [2.05, 4.69) is 13.2 Å². The molecule has 0 bridgehead atoms. The first-order valence-electron chi connectivity index (χ1n) is 3.32. The largest absolute Gasteiger partial charge is 0.295 e. The van der Waals surface area contributed by atoms with Crippen molar-refractivity contribution in [2.45, 2.75) is 20.8 Å². The Hall–Kier alpha value is -0.850. The Morgan fingerprint density at radius 2 is 1.70 bits per heavy atom. The highest BCUT2D eigenvalue weighted by atomic mass is 16.1. The molecule has 10 heavy (non-hydrogen) atoms. The van der Waals surface area contributed by atoms with E-state index in [1.807, 2.05) is 13.8 Å². The second kappa shape index (κ2) is 3.35. The van der Waals surface area contributed by atoms with Gasteiger partial charge in [0.1, 0.15) is 0 Å². The van der Waals surface area contributed by atoms with Gasteiger partial charge in [-0.15, -0.1) is 0 Å². The minimum absolute atomic E-state index is 0.0514. The number of allylic oxidation sites excluding steroid dienone is 2. The summed E-state index contributed by atoms with van der Waals surface area (Å²) in [4.78, 5) is 10.7. The number of Topliss-reactive ketones (excluding diaryl/α,β-unsaturated/α-hetero) is 1. The van der Waals surface area contributed by atoms with Crippen LogP contribution in [-0.4, -0.2) is 5.78 Å². The predicted molar refractivity (Wildman–Crippen MR) is 43.8 cm³/mol. The van der Waals surface area contributed by atoms with Crippen LogP contribution in [0.5, 0.6) is 0 Å². The zero-order valence-corrected chi connectivity index (χ0v) is 6.90. The Labute approximate surface area is 62.4 Å². The monoisotopic (exact) mass is 138 g/mol. The number of carbonyl (C=O) groups is 1. The van der Waals surface area contributed by atoms with Gasteiger partial charge in [0.05, 0.1) is 0 Å². The lowest BCUT2D eigenvalue weighted by Gasteiger charge is -2.10. The van der Waals surface area contributed by atoms with Crippen molar-refractivity contribution in [3.63, 3.8) is 0 Å². The summed E-state index contributed by atoms with van der Waals surface area (Å²) in [5.74, 6) is 0.174. The van der Waals surface area contributed by atoms with Gasteiger partial charge < -0.3 is 0 Å². The fourth-order valence-electron chi connectivity index (χ4n) is 0.602. The van der Waals surface area contributed by atoms with E-state index in [4.69, 9.17) is 0 Å². The molecule has 1 unspecified atom stereocenters. The third-order valence-electron chi connectivity index (χ3n) is 1.71. The molecule has 0 aromatic rings. The third-order valence-corrected chi connectivity index (χ3v) is 1.71. The second-order valence-electron chi connectivity index (χ2n) is 2.65. The van der Waals surface area contributed by atoms with E-state index in [9.17, 15) is 4.79 Å². The lowest BCUT2D eigenvalue weighted by molar-refractivity contribution is -0.113. The van der Waals surface area contributed by atoms with Gasteiger partial charge in [0, 0.05) is 5.92 Å². The fourth-order valence-corrected chi connectivity index (χ4v) is 0.602. The lowest BCUT2D eigenvalue weighted by atomic mass is 9.94. The zero-order valence-electron chi connectivity index (χ0n) is 6.90. The van der Waals surface area contributed by atoms with Gasteiger partial charge in [0.25, 0.3) is 0 Å². The molecule has 0 radical (unpaired) electrons. The first kappa shape index (κ1) is 9.15. The van der Waals surface area contributed by atoms with Crippen LogP contribution in [-0.2, 0) is 4.79 Å². The summed E-state index contributed by atoms with van der Waals surface area (Å²) in [7, 11) is 0. The number of rotatable bonds is 3. The molecule has 1 heteroatoms. The summed E-state index contributed by atoms with van der Waals surface area (Å²) < 4.78 is 0. The lowest BCUT2D eigenvalue weighted by Crippen LogP contribution is -2.06. The van der Waals surface area contributed by atoms with Crippen LogP contribution in [0.25, 0.3) is 0 Å². The van der Waals surface area contributed by atoms with Crippen molar-refractivity contribution in [1.82, 2.24) is 0 Å². The maximum Gasteiger partial charge on any atom is 0.155 e. The smallest absolute Gasteiger partial charge is 0.155 e. The highest BCUT2D eigenvalue weighted by Gasteiger charge is 2.10. The van der Waals surface area contributed by atoms with Crippen molar-refractivity contribution in [2.24, 2.45) is 5.92 Å². The molecule has 1 atom stereocenters. The normalized spacial score (nSPS) is 12.3. The molecule has 0 spiro atoms. The predicted octanol–water partition coefficient (Wildman–Crippen LogP) is 2.34. The van der Waals surface area contributed by atoms with Crippen LogP contribution < -0.4 is 0 Å². The summed E-state index contributed by atoms with van der Waals surface area (Å²) in [6.07, 6.45) is 0. The van der Waals surface area contributed by atoms with Gasteiger partial charge in [0.15, 0.2) is 5.78 Å². The molecule has 0 saturated heterocycles. The molecule has 0 aliphatic rings. The van der Waals surface area contributed by atoms with Crippen molar-refractivity contribution >= 4 is 5.78 Å². The van der Waals surface area contributed by atoms with E-state index in [1.54, 1.807) is 0 Å². The van der Waals surface area contributed by atoms with Crippen LogP contribution in [0.4, 0.5) is 0 Å². The molecule has 0 fully saturated rings. The minimum Gasteiger partial charge on any atom is -0.295 e. The molecule has 0 heterocycles. The standard InChI is InChI=1S/C9H14O/c1-6(2)7(3)8(4)9(5)10/h7H,1,4H2,2-3,5H3. The van der Waals surface area contributed by atoms with Gasteiger partial charge in [-0.3, -0.25) is 4.79 Å². The van der Waals surface area contributed by atoms with Gasteiger partial charge >= 0.3 is 0 Å². The molecule has 0 amide bonds. The Bertz CT molecular complexity index is 177. The Balaban J connectivity index is 4.22. The maximum atomic E-state index is 10.7. The number of hydrogen-bond acceptors (Lipinski definition) is 1. The van der Waals surface area contributed by atoms with Crippen molar-refractivity contribution in [1.29, 1.82) is 0 Å². The highest BCUT2D eigenvalue weighted by molar-refractivity contribution is 5.93. The van der Waals surface area contributed by atoms with E-state index in [-0.39, 0.29) is 11.7 Å². The first-order chi connectivity index (χ1) is 4.46. The van der Waals surface area contributed by atoms with Gasteiger partial charge in [-0.2, -0.15) is 0 Å². The van der Waals surface area contributed by atoms with Gasteiger partial charge in [-0.1, -0.05) is 25.7 Å². The van der Waals surface area contributed by atoms with Crippen molar-refractivity contribution in [2.75, 3.05) is 0 Å². The quantitative estimate of drug-likeness (QED) is 0.432. The number of hydrogen-bond donors (Lipinski definition) is 0. The Morgan fingerprint density at radius 3 is 1.80 bits per heavy atom. The highest BCUT2D eigenvalue weighted by Crippen LogP contribution is 2.16. The van der Waals surface area contributed by atoms with Crippen LogP contribution >= 0.6 is 0 Å². The van der Waals surface area contributed by atoms with E-state index >= 15 is 0 Å². The Morgan fingerprint density at radius 1 is 1.30 bits per heavy atom. The van der Waals surface area contributed by atoms with Crippen LogP contribution in [0.15, 0.2) is 24.3 Å². The molecular weight excluding hydrogens is 124 g/mol. The Kier molecular flexibility index (Phi) is 3.07. The van der Waals surface area contributed by atoms with E-state index in [1.165, 1.54) is 6.92 Å². The van der Waals surface area contributed by atoms with Crippen molar-refractivity contribution in [3.05, 3.63) is 24.3 Å². The van der Waals surface area contributed by atoms with E-state index in [0.29, 0.717) is 5.57 Å². The van der Waals surface area contributed by atoms with E-state index in [0.717, 1.165) is 5.57 Å². The summed E-state index contributed by atoms with van der Waals surface area (Å²) in [6.45, 7) is 12.8. The molecule has 1 nitrogen and oxygen atoms in total. The zero-order chi connectivity index (χ0) is 8.31. The molecule has 0 rings (SSSR count). The summed E-state index contributed by atoms with van der Waals surface area (Å²) in [6, 6.07) is 0. The van der Waals surface area contributed by atoms with Crippen LogP contribution in [0.2, 0.25) is 0 Å². The molecule has 0 saturated carbocycles.